The lowest BCUT2D eigenvalue weighted by Crippen LogP contribution is -2.25. The van der Waals surface area contributed by atoms with Crippen LogP contribution in [0.3, 0.4) is 0 Å². The molecule has 2 saturated carbocycles. The normalized spacial score (nSPS) is 25.4. The zero-order valence-corrected chi connectivity index (χ0v) is 21.4. The van der Waals surface area contributed by atoms with Crippen LogP contribution in [0, 0.1) is 41.1 Å². The van der Waals surface area contributed by atoms with E-state index in [9.17, 15) is 22.0 Å². The number of hydrogen-bond acceptors (Lipinski definition) is 0. The van der Waals surface area contributed by atoms with Gasteiger partial charge in [0.1, 0.15) is 23.0 Å². The van der Waals surface area contributed by atoms with Crippen molar-refractivity contribution >= 4 is 15.9 Å². The molecule has 2 aromatic rings. The number of rotatable bonds is 7. The summed E-state index contributed by atoms with van der Waals surface area (Å²) >= 11 is 1.98. The topological polar surface area (TPSA) is 0 Å². The molecular weight excluding hydrogens is 523 g/mol. The first-order valence-corrected chi connectivity index (χ1v) is 13.4. The molecule has 0 heterocycles. The third-order valence-electron chi connectivity index (χ3n) is 8.22. The number of benzene rings is 2. The number of allylic oxidation sites excluding steroid dienone is 1. The molecule has 0 spiro atoms. The van der Waals surface area contributed by atoms with Crippen LogP contribution in [-0.2, 0) is 11.3 Å². The molecule has 2 aliphatic carbocycles. The van der Waals surface area contributed by atoms with Crippen LogP contribution in [0.4, 0.5) is 22.0 Å². The molecule has 6 heteroatoms. The summed E-state index contributed by atoms with van der Waals surface area (Å²) in [5.41, 5.74) is -0.661. The van der Waals surface area contributed by atoms with Gasteiger partial charge < -0.3 is 0 Å². The molecule has 2 fully saturated rings. The van der Waals surface area contributed by atoms with E-state index in [2.05, 4.69) is 12.7 Å². The highest BCUT2D eigenvalue weighted by Gasteiger charge is 2.35. The largest absolute Gasteiger partial charge is 0.332 e. The van der Waals surface area contributed by atoms with Crippen LogP contribution < -0.4 is 0 Å². The third-order valence-corrected chi connectivity index (χ3v) is 8.62. The van der Waals surface area contributed by atoms with Crippen LogP contribution in [0.1, 0.15) is 68.9 Å². The molecule has 0 atom stereocenters. The van der Waals surface area contributed by atoms with E-state index in [4.69, 9.17) is 0 Å². The summed E-state index contributed by atoms with van der Waals surface area (Å²) in [7, 11) is 0. The summed E-state index contributed by atoms with van der Waals surface area (Å²) in [6.07, 6.45) is 14.1. The zero-order chi connectivity index (χ0) is 25.2. The van der Waals surface area contributed by atoms with Crippen LogP contribution in [0.15, 0.2) is 43.0 Å². The van der Waals surface area contributed by atoms with Crippen molar-refractivity contribution in [3.05, 3.63) is 71.6 Å². The first kappa shape index (κ1) is 26.4. The van der Waals surface area contributed by atoms with Gasteiger partial charge in [0.05, 0.1) is 0 Å². The monoisotopic (exact) mass is 554 g/mol. The van der Waals surface area contributed by atoms with Crippen LogP contribution >= 0.6 is 15.9 Å². The predicted octanol–water partition coefficient (Wildman–Crippen LogP) is 9.95. The Hall–Kier alpha value is -1.69. The summed E-state index contributed by atoms with van der Waals surface area (Å²) in [6.45, 7) is 3.94. The lowest BCUT2D eigenvalue weighted by Gasteiger charge is -2.37. The minimum atomic E-state index is -3.84. The van der Waals surface area contributed by atoms with Gasteiger partial charge in [0.2, 0.25) is 0 Å². The van der Waals surface area contributed by atoms with E-state index < -0.39 is 27.8 Å². The second kappa shape index (κ2) is 11.1. The zero-order valence-electron chi connectivity index (χ0n) is 19.8. The van der Waals surface area contributed by atoms with E-state index in [0.29, 0.717) is 11.8 Å². The van der Waals surface area contributed by atoms with Crippen molar-refractivity contribution in [1.82, 2.24) is 0 Å². The lowest BCUT2D eigenvalue weighted by molar-refractivity contribution is 0.105. The maximum atomic E-state index is 14.8. The highest BCUT2D eigenvalue weighted by molar-refractivity contribution is 9.09. The number of hydrogen-bond donors (Lipinski definition) is 0. The highest BCUT2D eigenvalue weighted by Crippen LogP contribution is 2.43. The SMILES string of the molecule is C=CC1CCC(C2CCC(CCc3ccc(-c4cc(F)c(C(F)(F)Br)c(F)c4)c(F)c3)CC2)CC1. The minimum Gasteiger partial charge on any atom is -0.206 e. The Kier molecular flexibility index (Phi) is 8.40. The van der Waals surface area contributed by atoms with Gasteiger partial charge in [-0.05, 0) is 120 Å². The molecule has 0 aliphatic heterocycles. The Morgan fingerprint density at radius 1 is 0.829 bits per heavy atom. The number of aryl methyl sites for hydroxylation is 1. The molecule has 0 aromatic heterocycles. The smallest absolute Gasteiger partial charge is 0.206 e. The summed E-state index contributed by atoms with van der Waals surface area (Å²) in [4.78, 5) is -3.84. The fourth-order valence-electron chi connectivity index (χ4n) is 6.12. The Balaban J connectivity index is 1.32. The Morgan fingerprint density at radius 2 is 1.40 bits per heavy atom. The molecule has 190 valence electrons. The summed E-state index contributed by atoms with van der Waals surface area (Å²) < 4.78 is 69.8. The van der Waals surface area contributed by atoms with E-state index in [1.807, 2.05) is 15.9 Å². The third kappa shape index (κ3) is 6.36. The van der Waals surface area contributed by atoms with Gasteiger partial charge in [0, 0.05) is 5.56 Å². The van der Waals surface area contributed by atoms with E-state index in [1.165, 1.54) is 63.5 Å². The van der Waals surface area contributed by atoms with Gasteiger partial charge in [-0.15, -0.1) is 6.58 Å². The summed E-state index contributed by atoms with van der Waals surface area (Å²) in [5.74, 6) is -0.419. The van der Waals surface area contributed by atoms with E-state index >= 15 is 0 Å². The van der Waals surface area contributed by atoms with Crippen molar-refractivity contribution in [3.63, 3.8) is 0 Å². The average Bonchev–Trinajstić information content (AvgIpc) is 2.82. The molecule has 0 nitrogen and oxygen atoms in total. The molecule has 0 bridgehead atoms. The fourth-order valence-corrected chi connectivity index (χ4v) is 6.50. The van der Waals surface area contributed by atoms with Gasteiger partial charge in [-0.25, -0.2) is 13.2 Å². The van der Waals surface area contributed by atoms with Crippen molar-refractivity contribution in [3.8, 4) is 11.1 Å². The van der Waals surface area contributed by atoms with E-state index in [1.54, 1.807) is 6.07 Å². The molecule has 0 radical (unpaired) electrons. The second-order valence-electron chi connectivity index (χ2n) is 10.4. The fraction of sp³-hybridized carbons (Fsp3) is 0.517. The number of halogens is 6. The Morgan fingerprint density at radius 3 is 1.91 bits per heavy atom. The maximum Gasteiger partial charge on any atom is 0.332 e. The van der Waals surface area contributed by atoms with E-state index in [0.717, 1.165) is 42.4 Å². The summed E-state index contributed by atoms with van der Waals surface area (Å²) in [6, 6.07) is 6.11. The van der Waals surface area contributed by atoms with Gasteiger partial charge in [-0.1, -0.05) is 31.1 Å². The van der Waals surface area contributed by atoms with Crippen LogP contribution in [-0.4, -0.2) is 0 Å². The molecule has 4 rings (SSSR count). The molecule has 35 heavy (non-hydrogen) atoms. The Bertz CT molecular complexity index is 1000. The first-order valence-electron chi connectivity index (χ1n) is 12.6. The van der Waals surface area contributed by atoms with Crippen LogP contribution in [0.2, 0.25) is 0 Å². The molecule has 2 aromatic carbocycles. The molecule has 0 unspecified atom stereocenters. The quantitative estimate of drug-likeness (QED) is 0.181. The number of alkyl halides is 3. The molecule has 0 amide bonds. The maximum absolute atomic E-state index is 14.8. The van der Waals surface area contributed by atoms with Gasteiger partial charge in [0.15, 0.2) is 0 Å². The molecule has 0 saturated heterocycles. The first-order chi connectivity index (χ1) is 16.7. The van der Waals surface area contributed by atoms with Gasteiger partial charge in [-0.3, -0.25) is 0 Å². The van der Waals surface area contributed by atoms with Crippen LogP contribution in [0.25, 0.3) is 11.1 Å². The van der Waals surface area contributed by atoms with Crippen molar-refractivity contribution in [2.75, 3.05) is 0 Å². The highest BCUT2D eigenvalue weighted by atomic mass is 79.9. The van der Waals surface area contributed by atoms with Crippen LogP contribution in [0.5, 0.6) is 0 Å². The molecule has 2 aliphatic rings. The second-order valence-corrected chi connectivity index (χ2v) is 11.4. The summed E-state index contributed by atoms with van der Waals surface area (Å²) in [5, 5.41) is 0. The predicted molar refractivity (Wildman–Crippen MR) is 134 cm³/mol. The van der Waals surface area contributed by atoms with Crippen molar-refractivity contribution in [1.29, 1.82) is 0 Å². The van der Waals surface area contributed by atoms with Gasteiger partial charge >= 0.3 is 4.83 Å². The van der Waals surface area contributed by atoms with Crippen molar-refractivity contribution < 1.29 is 22.0 Å². The Labute approximate surface area is 213 Å². The van der Waals surface area contributed by atoms with Gasteiger partial charge in [-0.2, -0.15) is 8.78 Å². The molecular formula is C29H32BrF5. The van der Waals surface area contributed by atoms with Crippen molar-refractivity contribution in [2.24, 2.45) is 23.7 Å². The van der Waals surface area contributed by atoms with Gasteiger partial charge in [0.25, 0.3) is 0 Å². The standard InChI is InChI=1S/C29H32BrF5/c1-2-18-5-10-21(11-6-18)22-12-7-19(8-13-22)3-4-20-9-14-24(25(31)15-20)23-16-26(32)28(27(33)17-23)29(30,34)35/h2,9,14-19,21-22H,1,3-8,10-13H2. The minimum absolute atomic E-state index is 0.0114. The van der Waals surface area contributed by atoms with Crippen molar-refractivity contribution in [2.45, 2.75) is 69.0 Å². The lowest BCUT2D eigenvalue weighted by atomic mass is 9.68. The molecule has 0 N–H and O–H groups in total. The van der Waals surface area contributed by atoms with E-state index in [-0.39, 0.29) is 11.1 Å². The average molecular weight is 555 g/mol.